The van der Waals surface area contributed by atoms with Crippen LogP contribution in [-0.2, 0) is 4.74 Å². The van der Waals surface area contributed by atoms with E-state index < -0.39 is 18.8 Å². The Kier molecular flexibility index (Phi) is 4.32. The van der Waals surface area contributed by atoms with Gasteiger partial charge in [-0.3, -0.25) is 14.5 Å². The van der Waals surface area contributed by atoms with Crippen molar-refractivity contribution in [2.24, 2.45) is 0 Å². The molecule has 0 fully saturated rings. The molecule has 7 nitrogen and oxygen atoms in total. The maximum atomic E-state index is 12.6. The predicted octanol–water partition coefficient (Wildman–Crippen LogP) is 1.56. The number of aromatic nitrogens is 3. The third-order valence-electron chi connectivity index (χ3n) is 3.53. The van der Waals surface area contributed by atoms with E-state index >= 15 is 0 Å². The van der Waals surface area contributed by atoms with E-state index in [9.17, 15) is 14.8 Å². The van der Waals surface area contributed by atoms with Gasteiger partial charge in [0.15, 0.2) is 0 Å². The SMILES string of the molecule is CC(C)(C)OC(=O)n1c(B(O)O)cc2c(-c3cccnc3)nccc21. The van der Waals surface area contributed by atoms with Crippen LogP contribution in [-0.4, -0.2) is 43.4 Å². The second-order valence-corrected chi connectivity index (χ2v) is 6.59. The molecule has 0 aliphatic heterocycles. The minimum absolute atomic E-state index is 0.0161. The van der Waals surface area contributed by atoms with Gasteiger partial charge in [0.2, 0.25) is 0 Å². The molecule has 0 bridgehead atoms. The summed E-state index contributed by atoms with van der Waals surface area (Å²) >= 11 is 0. The van der Waals surface area contributed by atoms with Crippen molar-refractivity contribution in [3.8, 4) is 11.3 Å². The van der Waals surface area contributed by atoms with E-state index in [2.05, 4.69) is 9.97 Å². The van der Waals surface area contributed by atoms with Gasteiger partial charge in [-0.2, -0.15) is 0 Å². The topological polar surface area (TPSA) is 97.5 Å². The first kappa shape index (κ1) is 17.1. The third kappa shape index (κ3) is 3.40. The molecule has 0 unspecified atom stereocenters. The van der Waals surface area contributed by atoms with Crippen molar-refractivity contribution in [3.05, 3.63) is 42.9 Å². The second-order valence-electron chi connectivity index (χ2n) is 6.59. The lowest BCUT2D eigenvalue weighted by molar-refractivity contribution is 0.0547. The molecule has 0 saturated carbocycles. The van der Waals surface area contributed by atoms with Crippen LogP contribution in [0.2, 0.25) is 0 Å². The second kappa shape index (κ2) is 6.31. The minimum atomic E-state index is -1.83. The van der Waals surface area contributed by atoms with Crippen molar-refractivity contribution in [2.75, 3.05) is 0 Å². The summed E-state index contributed by atoms with van der Waals surface area (Å²) < 4.78 is 6.56. The molecular weight excluding hydrogens is 321 g/mol. The summed E-state index contributed by atoms with van der Waals surface area (Å²) in [6, 6.07) is 6.78. The fraction of sp³-hybridized carbons (Fsp3) is 0.235. The Balaban J connectivity index is 2.23. The lowest BCUT2D eigenvalue weighted by atomic mass is 9.86. The number of carbonyl (C=O) groups is 1. The fourth-order valence-corrected chi connectivity index (χ4v) is 2.59. The molecule has 0 aliphatic rings. The Morgan fingerprint density at radius 1 is 1.24 bits per heavy atom. The zero-order valence-electron chi connectivity index (χ0n) is 14.2. The summed E-state index contributed by atoms with van der Waals surface area (Å²) in [7, 11) is -1.83. The number of hydrogen-bond acceptors (Lipinski definition) is 6. The molecule has 3 aromatic heterocycles. The van der Waals surface area contributed by atoms with E-state index in [1.54, 1.807) is 51.5 Å². The van der Waals surface area contributed by atoms with Crippen LogP contribution >= 0.6 is 0 Å². The number of ether oxygens (including phenoxy) is 1. The molecule has 0 amide bonds. The van der Waals surface area contributed by atoms with E-state index in [0.29, 0.717) is 16.6 Å². The van der Waals surface area contributed by atoms with Crippen LogP contribution in [0.1, 0.15) is 20.8 Å². The van der Waals surface area contributed by atoms with E-state index in [1.807, 2.05) is 6.07 Å². The Labute approximate surface area is 145 Å². The molecule has 0 atom stereocenters. The van der Waals surface area contributed by atoms with Gasteiger partial charge in [0.05, 0.1) is 16.8 Å². The largest absolute Gasteiger partial charge is 0.506 e. The van der Waals surface area contributed by atoms with Crippen molar-refractivity contribution in [1.29, 1.82) is 0 Å². The summed E-state index contributed by atoms with van der Waals surface area (Å²) in [5.41, 5.74) is 1.13. The van der Waals surface area contributed by atoms with Crippen molar-refractivity contribution in [1.82, 2.24) is 14.5 Å². The van der Waals surface area contributed by atoms with Gasteiger partial charge in [0.1, 0.15) is 5.60 Å². The molecule has 0 aromatic carbocycles. The molecule has 0 aliphatic carbocycles. The maximum Gasteiger partial charge on any atom is 0.506 e. The first-order valence-corrected chi connectivity index (χ1v) is 7.78. The highest BCUT2D eigenvalue weighted by molar-refractivity contribution is 6.59. The fourth-order valence-electron chi connectivity index (χ4n) is 2.59. The van der Waals surface area contributed by atoms with Crippen LogP contribution in [0.25, 0.3) is 22.2 Å². The van der Waals surface area contributed by atoms with Crippen molar-refractivity contribution < 1.29 is 19.6 Å². The molecule has 3 aromatic rings. The smallest absolute Gasteiger partial charge is 0.443 e. The highest BCUT2D eigenvalue weighted by Crippen LogP contribution is 2.26. The zero-order chi connectivity index (χ0) is 18.2. The number of rotatable bonds is 2. The van der Waals surface area contributed by atoms with Crippen molar-refractivity contribution in [2.45, 2.75) is 26.4 Å². The van der Waals surface area contributed by atoms with Crippen LogP contribution in [0.4, 0.5) is 4.79 Å². The molecule has 8 heteroatoms. The molecule has 2 N–H and O–H groups in total. The molecule has 128 valence electrons. The Bertz CT molecular complexity index is 917. The lowest BCUT2D eigenvalue weighted by Gasteiger charge is -2.21. The molecule has 3 heterocycles. The van der Waals surface area contributed by atoms with E-state index in [0.717, 1.165) is 10.1 Å². The van der Waals surface area contributed by atoms with Crippen LogP contribution in [0.3, 0.4) is 0 Å². The lowest BCUT2D eigenvalue weighted by Crippen LogP contribution is -2.40. The van der Waals surface area contributed by atoms with Gasteiger partial charge < -0.3 is 14.8 Å². The van der Waals surface area contributed by atoms with Crippen molar-refractivity contribution >= 4 is 29.7 Å². The number of hydrogen-bond donors (Lipinski definition) is 2. The Hall–Kier alpha value is -2.71. The average molecular weight is 339 g/mol. The van der Waals surface area contributed by atoms with Crippen LogP contribution < -0.4 is 5.59 Å². The quantitative estimate of drug-likeness (QED) is 0.688. The number of nitrogens with zero attached hydrogens (tertiary/aromatic N) is 3. The Morgan fingerprint density at radius 2 is 2.00 bits per heavy atom. The third-order valence-corrected chi connectivity index (χ3v) is 3.53. The summed E-state index contributed by atoms with van der Waals surface area (Å²) in [5.74, 6) is 0. The molecule has 25 heavy (non-hydrogen) atoms. The summed E-state index contributed by atoms with van der Waals surface area (Å²) in [4.78, 5) is 21.0. The van der Waals surface area contributed by atoms with E-state index in [-0.39, 0.29) is 5.59 Å². The highest BCUT2D eigenvalue weighted by Gasteiger charge is 2.28. The van der Waals surface area contributed by atoms with Gasteiger partial charge in [-0.1, -0.05) is 0 Å². The standard InChI is InChI=1S/C17H18BN3O4/c1-17(2,3)25-16(22)21-13-6-8-20-15(11-5-4-7-19-10-11)12(13)9-14(21)18(23)24/h4-10,23-24H,1-3H3. The summed E-state index contributed by atoms with van der Waals surface area (Å²) in [6.45, 7) is 5.23. The van der Waals surface area contributed by atoms with Gasteiger partial charge in [0, 0.05) is 29.5 Å². The maximum absolute atomic E-state index is 12.6. The number of fused-ring (bicyclic) bond motifs is 1. The van der Waals surface area contributed by atoms with Gasteiger partial charge in [0.25, 0.3) is 0 Å². The molecule has 0 radical (unpaired) electrons. The zero-order valence-corrected chi connectivity index (χ0v) is 14.2. The highest BCUT2D eigenvalue weighted by atomic mass is 16.6. The van der Waals surface area contributed by atoms with Gasteiger partial charge in [-0.15, -0.1) is 0 Å². The van der Waals surface area contributed by atoms with Crippen LogP contribution in [0.15, 0.2) is 42.9 Å². The van der Waals surface area contributed by atoms with Crippen molar-refractivity contribution in [3.63, 3.8) is 0 Å². The number of carbonyl (C=O) groups excluding carboxylic acids is 1. The monoisotopic (exact) mass is 339 g/mol. The summed E-state index contributed by atoms with van der Waals surface area (Å²) in [6.07, 6.45) is 4.17. The van der Waals surface area contributed by atoms with Gasteiger partial charge in [-0.25, -0.2) is 4.79 Å². The van der Waals surface area contributed by atoms with Gasteiger partial charge >= 0.3 is 13.2 Å². The van der Waals surface area contributed by atoms with Crippen LogP contribution in [0, 0.1) is 0 Å². The molecule has 3 rings (SSSR count). The van der Waals surface area contributed by atoms with Crippen LogP contribution in [0.5, 0.6) is 0 Å². The number of pyridine rings is 2. The molecule has 0 spiro atoms. The average Bonchev–Trinajstić information content (AvgIpc) is 2.94. The van der Waals surface area contributed by atoms with E-state index in [4.69, 9.17) is 4.74 Å². The first-order valence-electron chi connectivity index (χ1n) is 7.78. The Morgan fingerprint density at radius 3 is 2.60 bits per heavy atom. The normalized spacial score (nSPS) is 11.6. The molecule has 0 saturated heterocycles. The van der Waals surface area contributed by atoms with E-state index in [1.165, 1.54) is 6.07 Å². The predicted molar refractivity (Wildman–Crippen MR) is 94.4 cm³/mol. The summed E-state index contributed by atoms with van der Waals surface area (Å²) in [5, 5.41) is 20.0. The molecular formula is C17H18BN3O4. The van der Waals surface area contributed by atoms with Gasteiger partial charge in [-0.05, 0) is 45.0 Å². The first-order chi connectivity index (χ1) is 11.8. The minimum Gasteiger partial charge on any atom is -0.443 e.